The van der Waals surface area contributed by atoms with E-state index in [1.807, 2.05) is 0 Å². The molecule has 1 saturated carbocycles. The van der Waals surface area contributed by atoms with Crippen molar-refractivity contribution >= 4 is 5.91 Å². The van der Waals surface area contributed by atoms with E-state index >= 15 is 0 Å². The van der Waals surface area contributed by atoms with Gasteiger partial charge in [0.25, 0.3) is 0 Å². The van der Waals surface area contributed by atoms with E-state index < -0.39 is 6.04 Å². The number of amides is 1. The predicted octanol–water partition coefficient (Wildman–Crippen LogP) is 1.23. The van der Waals surface area contributed by atoms with Crippen LogP contribution in [0.1, 0.15) is 31.1 Å². The topological polar surface area (TPSA) is 62.5 Å². The van der Waals surface area contributed by atoms with Gasteiger partial charge in [-0.15, -0.1) is 0 Å². The van der Waals surface area contributed by atoms with E-state index in [4.69, 9.17) is 9.52 Å². The first kappa shape index (κ1) is 10.2. The Balaban J connectivity index is 1.93. The first-order chi connectivity index (χ1) is 7.31. The average Bonchev–Trinajstić information content (AvgIpc) is 2.63. The van der Waals surface area contributed by atoms with Crippen molar-refractivity contribution in [2.24, 2.45) is 5.92 Å². The lowest BCUT2D eigenvalue weighted by Crippen LogP contribution is -2.38. The number of hydrogen-bond acceptors (Lipinski definition) is 3. The van der Waals surface area contributed by atoms with Crippen molar-refractivity contribution in [1.82, 2.24) is 5.32 Å². The fraction of sp³-hybridized carbons (Fsp3) is 0.545. The molecule has 2 N–H and O–H groups in total. The van der Waals surface area contributed by atoms with Crippen LogP contribution in [0.2, 0.25) is 0 Å². The van der Waals surface area contributed by atoms with E-state index in [0.717, 1.165) is 19.3 Å². The maximum Gasteiger partial charge on any atom is 0.223 e. The van der Waals surface area contributed by atoms with Crippen LogP contribution in [-0.4, -0.2) is 17.6 Å². The van der Waals surface area contributed by atoms with E-state index in [1.165, 1.54) is 6.26 Å². The molecule has 2 rings (SSSR count). The largest absolute Gasteiger partial charge is 0.467 e. The van der Waals surface area contributed by atoms with Crippen molar-refractivity contribution in [2.75, 3.05) is 6.61 Å². The third-order valence-corrected chi connectivity index (χ3v) is 2.86. The Morgan fingerprint density at radius 1 is 1.67 bits per heavy atom. The lowest BCUT2D eigenvalue weighted by Gasteiger charge is -2.26. The molecule has 0 aromatic carbocycles. The lowest BCUT2D eigenvalue weighted by atomic mass is 9.84. The van der Waals surface area contributed by atoms with Crippen molar-refractivity contribution in [3.63, 3.8) is 0 Å². The molecule has 1 atom stereocenters. The van der Waals surface area contributed by atoms with Gasteiger partial charge < -0.3 is 14.8 Å². The molecule has 1 aliphatic rings. The summed E-state index contributed by atoms with van der Waals surface area (Å²) < 4.78 is 5.14. The van der Waals surface area contributed by atoms with Crippen LogP contribution in [0.25, 0.3) is 0 Å². The molecule has 1 heterocycles. The molecule has 0 saturated heterocycles. The first-order valence-electron chi connectivity index (χ1n) is 5.26. The zero-order valence-electron chi connectivity index (χ0n) is 8.48. The van der Waals surface area contributed by atoms with E-state index in [1.54, 1.807) is 12.1 Å². The number of nitrogens with one attached hydrogen (secondary N) is 1. The number of carbonyl (C=O) groups is 1. The molecule has 1 aromatic rings. The summed E-state index contributed by atoms with van der Waals surface area (Å²) in [5.74, 6) is 0.760. The van der Waals surface area contributed by atoms with Crippen molar-refractivity contribution in [1.29, 1.82) is 0 Å². The molecule has 1 unspecified atom stereocenters. The highest BCUT2D eigenvalue weighted by Gasteiger charge is 2.27. The summed E-state index contributed by atoms with van der Waals surface area (Å²) in [6.07, 6.45) is 4.58. The molecule has 0 spiro atoms. The molecule has 1 aromatic heterocycles. The van der Waals surface area contributed by atoms with Crippen molar-refractivity contribution in [3.05, 3.63) is 24.2 Å². The first-order valence-corrected chi connectivity index (χ1v) is 5.26. The second kappa shape index (κ2) is 4.49. The maximum atomic E-state index is 11.6. The zero-order chi connectivity index (χ0) is 10.7. The molecule has 4 heteroatoms. The highest BCUT2D eigenvalue weighted by Crippen LogP contribution is 2.27. The molecule has 82 valence electrons. The summed E-state index contributed by atoms with van der Waals surface area (Å²) in [5.41, 5.74) is 0. The van der Waals surface area contributed by atoms with Gasteiger partial charge in [-0.3, -0.25) is 4.79 Å². The molecule has 1 amide bonds. The number of carbonyl (C=O) groups excluding carboxylic acids is 1. The van der Waals surface area contributed by atoms with E-state index in [0.29, 0.717) is 5.76 Å². The van der Waals surface area contributed by atoms with Crippen molar-refractivity contribution < 1.29 is 14.3 Å². The Morgan fingerprint density at radius 3 is 2.93 bits per heavy atom. The van der Waals surface area contributed by atoms with Gasteiger partial charge in [-0.25, -0.2) is 0 Å². The fourth-order valence-corrected chi connectivity index (χ4v) is 1.66. The number of furan rings is 1. The van der Waals surface area contributed by atoms with Crippen LogP contribution in [0, 0.1) is 5.92 Å². The normalized spacial score (nSPS) is 18.2. The standard InChI is InChI=1S/C11H15NO3/c13-7-9(10-5-2-6-15-10)12-11(14)8-3-1-4-8/h2,5-6,8-9,13H,1,3-4,7H2,(H,12,14). The predicted molar refractivity (Wildman–Crippen MR) is 54.0 cm³/mol. The van der Waals surface area contributed by atoms with Crippen LogP contribution in [0.15, 0.2) is 22.8 Å². The Morgan fingerprint density at radius 2 is 2.47 bits per heavy atom. The second-order valence-electron chi connectivity index (χ2n) is 3.89. The average molecular weight is 209 g/mol. The van der Waals surface area contributed by atoms with Gasteiger partial charge in [-0.05, 0) is 25.0 Å². The molecule has 4 nitrogen and oxygen atoms in total. The van der Waals surface area contributed by atoms with Gasteiger partial charge in [0.1, 0.15) is 11.8 Å². The van der Waals surface area contributed by atoms with Crippen molar-refractivity contribution in [2.45, 2.75) is 25.3 Å². The Kier molecular flexibility index (Phi) is 3.06. The Labute approximate surface area is 88.3 Å². The molecular weight excluding hydrogens is 194 g/mol. The van der Waals surface area contributed by atoms with Crippen LogP contribution in [-0.2, 0) is 4.79 Å². The summed E-state index contributed by atoms with van der Waals surface area (Å²) >= 11 is 0. The van der Waals surface area contributed by atoms with Crippen LogP contribution < -0.4 is 5.32 Å². The summed E-state index contributed by atoms with van der Waals surface area (Å²) in [6, 6.07) is 3.09. The molecule has 1 aliphatic carbocycles. The Hall–Kier alpha value is -1.29. The molecule has 15 heavy (non-hydrogen) atoms. The summed E-state index contributed by atoms with van der Waals surface area (Å²) in [6.45, 7) is -0.133. The SMILES string of the molecule is O=C(NC(CO)c1ccco1)C1CCC1. The minimum absolute atomic E-state index is 0.0247. The molecular formula is C11H15NO3. The van der Waals surface area contributed by atoms with Crippen LogP contribution in [0.3, 0.4) is 0 Å². The van der Waals surface area contributed by atoms with Gasteiger partial charge in [-0.2, -0.15) is 0 Å². The maximum absolute atomic E-state index is 11.6. The van der Waals surface area contributed by atoms with E-state index in [-0.39, 0.29) is 18.4 Å². The summed E-state index contributed by atoms with van der Waals surface area (Å²) in [4.78, 5) is 11.6. The summed E-state index contributed by atoms with van der Waals surface area (Å²) in [5, 5.41) is 11.9. The van der Waals surface area contributed by atoms with E-state index in [2.05, 4.69) is 5.32 Å². The zero-order valence-corrected chi connectivity index (χ0v) is 8.48. The smallest absolute Gasteiger partial charge is 0.223 e. The third kappa shape index (κ3) is 2.21. The van der Waals surface area contributed by atoms with Crippen molar-refractivity contribution in [3.8, 4) is 0 Å². The molecule has 0 bridgehead atoms. The highest BCUT2D eigenvalue weighted by atomic mass is 16.3. The van der Waals surface area contributed by atoms with Crippen LogP contribution >= 0.6 is 0 Å². The number of aliphatic hydroxyl groups excluding tert-OH is 1. The number of aliphatic hydroxyl groups is 1. The van der Waals surface area contributed by atoms with E-state index in [9.17, 15) is 4.79 Å². The van der Waals surface area contributed by atoms with Gasteiger partial charge in [0.15, 0.2) is 0 Å². The molecule has 0 aliphatic heterocycles. The lowest BCUT2D eigenvalue weighted by molar-refractivity contribution is -0.128. The van der Waals surface area contributed by atoms with Gasteiger partial charge >= 0.3 is 0 Å². The van der Waals surface area contributed by atoms with Gasteiger partial charge in [0, 0.05) is 5.92 Å². The van der Waals surface area contributed by atoms with Gasteiger partial charge in [0.2, 0.25) is 5.91 Å². The minimum Gasteiger partial charge on any atom is -0.467 e. The third-order valence-electron chi connectivity index (χ3n) is 2.86. The monoisotopic (exact) mass is 209 g/mol. The summed E-state index contributed by atoms with van der Waals surface area (Å²) in [7, 11) is 0. The minimum atomic E-state index is -0.409. The van der Waals surface area contributed by atoms with Gasteiger partial charge in [-0.1, -0.05) is 6.42 Å². The highest BCUT2D eigenvalue weighted by molar-refractivity contribution is 5.79. The quantitative estimate of drug-likeness (QED) is 0.784. The number of rotatable bonds is 4. The second-order valence-corrected chi connectivity index (χ2v) is 3.89. The number of hydrogen-bond donors (Lipinski definition) is 2. The fourth-order valence-electron chi connectivity index (χ4n) is 1.66. The van der Waals surface area contributed by atoms with Gasteiger partial charge in [0.05, 0.1) is 12.9 Å². The molecule has 1 fully saturated rings. The van der Waals surface area contributed by atoms with Crippen LogP contribution in [0.4, 0.5) is 0 Å². The van der Waals surface area contributed by atoms with Crippen LogP contribution in [0.5, 0.6) is 0 Å². The molecule has 0 radical (unpaired) electrons. The Bertz CT molecular complexity index is 317.